The second-order valence-electron chi connectivity index (χ2n) is 9.84. The van der Waals surface area contributed by atoms with E-state index in [1.807, 2.05) is 12.1 Å². The van der Waals surface area contributed by atoms with E-state index in [0.717, 1.165) is 44.1 Å². The summed E-state index contributed by atoms with van der Waals surface area (Å²) in [6.07, 6.45) is 9.44. The number of hydrogen-bond donors (Lipinski definition) is 1. The Morgan fingerprint density at radius 3 is 2.39 bits per heavy atom. The Bertz CT molecular complexity index is 952. The highest BCUT2D eigenvalue weighted by atomic mass is 16.5. The van der Waals surface area contributed by atoms with E-state index in [2.05, 4.69) is 28.0 Å². The van der Waals surface area contributed by atoms with Crippen molar-refractivity contribution in [2.45, 2.75) is 57.5 Å². The van der Waals surface area contributed by atoms with Gasteiger partial charge in [0.1, 0.15) is 24.2 Å². The highest BCUT2D eigenvalue weighted by Crippen LogP contribution is 2.38. The van der Waals surface area contributed by atoms with E-state index in [1.54, 1.807) is 18.2 Å². The van der Waals surface area contributed by atoms with Crippen LogP contribution < -0.4 is 14.4 Å². The van der Waals surface area contributed by atoms with Crippen LogP contribution in [-0.2, 0) is 25.7 Å². The van der Waals surface area contributed by atoms with Crippen LogP contribution in [0.4, 0.5) is 5.69 Å². The topological polar surface area (TPSA) is 45.2 Å². The minimum Gasteiger partial charge on any atom is -0.497 e. The first-order valence-electron chi connectivity index (χ1n) is 12.8. The average molecular weight is 451 g/mol. The van der Waals surface area contributed by atoms with Gasteiger partial charge in [-0.05, 0) is 91.8 Å². The fourth-order valence-electron chi connectivity index (χ4n) is 5.85. The van der Waals surface area contributed by atoms with Gasteiger partial charge in [-0.2, -0.15) is 0 Å². The molecule has 1 aliphatic heterocycles. The van der Waals surface area contributed by atoms with Crippen molar-refractivity contribution in [3.8, 4) is 11.5 Å². The van der Waals surface area contributed by atoms with E-state index in [-0.39, 0.29) is 0 Å². The number of hydrogen-bond acceptors (Lipinski definition) is 5. The molecule has 5 rings (SSSR count). The maximum Gasteiger partial charge on any atom is 0.123 e. The molecule has 5 heteroatoms. The maximum absolute atomic E-state index is 10.8. The normalized spacial score (nSPS) is 19.5. The summed E-state index contributed by atoms with van der Waals surface area (Å²) in [6, 6.07) is 10.6. The number of fused-ring (bicyclic) bond motifs is 3. The summed E-state index contributed by atoms with van der Waals surface area (Å²) in [6.45, 7) is 4.85. The number of anilines is 1. The van der Waals surface area contributed by atoms with Crippen LogP contribution >= 0.6 is 0 Å². The van der Waals surface area contributed by atoms with Crippen molar-refractivity contribution in [3.63, 3.8) is 0 Å². The number of methoxy groups -OCH3 is 1. The predicted molar refractivity (Wildman–Crippen MR) is 133 cm³/mol. The first-order valence-corrected chi connectivity index (χ1v) is 12.8. The van der Waals surface area contributed by atoms with E-state index in [0.29, 0.717) is 13.2 Å². The molecule has 0 spiro atoms. The van der Waals surface area contributed by atoms with E-state index < -0.39 is 6.10 Å². The number of rotatable bonds is 7. The molecular weight excluding hydrogens is 412 g/mol. The molecule has 0 unspecified atom stereocenters. The van der Waals surface area contributed by atoms with Crippen LogP contribution in [-0.4, -0.2) is 62.6 Å². The highest BCUT2D eigenvalue weighted by Gasteiger charge is 2.24. The van der Waals surface area contributed by atoms with Gasteiger partial charge in [-0.1, -0.05) is 6.07 Å². The lowest BCUT2D eigenvalue weighted by Crippen LogP contribution is -2.49. The number of aliphatic hydroxyl groups is 1. The fraction of sp³-hybridized carbons (Fsp3) is 0.571. The highest BCUT2D eigenvalue weighted by molar-refractivity contribution is 5.52. The Morgan fingerprint density at radius 2 is 1.61 bits per heavy atom. The Hall–Kier alpha value is -2.24. The molecule has 1 N–H and O–H groups in total. The van der Waals surface area contributed by atoms with Gasteiger partial charge in [0.15, 0.2) is 0 Å². The van der Waals surface area contributed by atoms with Gasteiger partial charge in [0.25, 0.3) is 0 Å². The summed E-state index contributed by atoms with van der Waals surface area (Å²) >= 11 is 0. The van der Waals surface area contributed by atoms with Crippen molar-refractivity contribution in [1.29, 1.82) is 0 Å². The fourth-order valence-corrected chi connectivity index (χ4v) is 5.85. The molecule has 1 fully saturated rings. The van der Waals surface area contributed by atoms with Crippen molar-refractivity contribution in [2.75, 3.05) is 51.3 Å². The number of ether oxygens (including phenoxy) is 2. The number of aliphatic hydroxyl groups excluding tert-OH is 1. The van der Waals surface area contributed by atoms with Crippen LogP contribution in [0.25, 0.3) is 0 Å². The van der Waals surface area contributed by atoms with Crippen LogP contribution in [0, 0.1) is 0 Å². The second-order valence-corrected chi connectivity index (χ2v) is 9.84. The van der Waals surface area contributed by atoms with E-state index in [4.69, 9.17) is 9.47 Å². The third-order valence-corrected chi connectivity index (χ3v) is 7.64. The van der Waals surface area contributed by atoms with Gasteiger partial charge < -0.3 is 19.5 Å². The van der Waals surface area contributed by atoms with Crippen molar-refractivity contribution < 1.29 is 14.6 Å². The summed E-state index contributed by atoms with van der Waals surface area (Å²) in [7, 11) is 1.71. The minimum atomic E-state index is -0.469. The Labute approximate surface area is 198 Å². The molecule has 3 aliphatic rings. The van der Waals surface area contributed by atoms with Crippen LogP contribution in [0.2, 0.25) is 0 Å². The first-order chi connectivity index (χ1) is 16.2. The molecule has 0 aromatic heterocycles. The van der Waals surface area contributed by atoms with Crippen LogP contribution in [0.15, 0.2) is 30.3 Å². The Kier molecular flexibility index (Phi) is 7.07. The van der Waals surface area contributed by atoms with Crippen LogP contribution in [0.1, 0.15) is 47.9 Å². The quantitative estimate of drug-likeness (QED) is 0.691. The molecule has 0 amide bonds. The predicted octanol–water partition coefficient (Wildman–Crippen LogP) is 4.01. The van der Waals surface area contributed by atoms with E-state index in [9.17, 15) is 5.11 Å². The average Bonchev–Trinajstić information content (AvgIpc) is 2.88. The molecule has 2 aliphatic carbocycles. The summed E-state index contributed by atoms with van der Waals surface area (Å²) in [5.74, 6) is 1.94. The lowest BCUT2D eigenvalue weighted by atomic mass is 9.80. The molecule has 0 bridgehead atoms. The van der Waals surface area contributed by atoms with E-state index in [1.165, 1.54) is 61.8 Å². The van der Waals surface area contributed by atoms with Gasteiger partial charge in [-0.25, -0.2) is 0 Å². The van der Waals surface area contributed by atoms with Gasteiger partial charge in [-0.3, -0.25) is 4.90 Å². The molecule has 0 saturated carbocycles. The Balaban J connectivity index is 1.15. The number of β-amino-alcohol motifs (C(OH)–C–C–N with tert-alkyl or cyclic N) is 1. The molecule has 33 heavy (non-hydrogen) atoms. The van der Waals surface area contributed by atoms with Crippen molar-refractivity contribution in [3.05, 3.63) is 52.6 Å². The molecule has 1 heterocycles. The van der Waals surface area contributed by atoms with E-state index >= 15 is 0 Å². The molecular formula is C28H38N2O3. The summed E-state index contributed by atoms with van der Waals surface area (Å²) in [5, 5.41) is 10.8. The standard InChI is InChI=1S/C28H38N2O3/c1-32-24-9-6-8-22(18-24)30-15-13-29(14-16-30)19-23(31)20-33-28-17-21-7-2-3-10-25(21)26-11-4-5-12-27(26)28/h6,8-9,17-18,23,31H,2-5,7,10-16,19-20H2,1H3/t23-/m0/s1. The largest absolute Gasteiger partial charge is 0.497 e. The zero-order valence-electron chi connectivity index (χ0n) is 20.0. The Morgan fingerprint density at radius 1 is 0.879 bits per heavy atom. The van der Waals surface area contributed by atoms with Crippen LogP contribution in [0.5, 0.6) is 11.5 Å². The van der Waals surface area contributed by atoms with Gasteiger partial charge >= 0.3 is 0 Å². The van der Waals surface area contributed by atoms with Gasteiger partial charge in [-0.15, -0.1) is 0 Å². The lowest BCUT2D eigenvalue weighted by molar-refractivity contribution is 0.0658. The SMILES string of the molecule is COc1cccc(N2CCN(C[C@H](O)COc3cc4c(c5c3CCCC5)CCCC4)CC2)c1. The summed E-state index contributed by atoms with van der Waals surface area (Å²) in [4.78, 5) is 4.74. The number of piperazine rings is 1. The molecule has 2 aromatic carbocycles. The molecule has 178 valence electrons. The third-order valence-electron chi connectivity index (χ3n) is 7.64. The van der Waals surface area contributed by atoms with Gasteiger partial charge in [0, 0.05) is 44.5 Å². The molecule has 0 radical (unpaired) electrons. The zero-order chi connectivity index (χ0) is 22.6. The smallest absolute Gasteiger partial charge is 0.123 e. The van der Waals surface area contributed by atoms with Gasteiger partial charge in [0.2, 0.25) is 0 Å². The molecule has 1 saturated heterocycles. The van der Waals surface area contributed by atoms with Crippen molar-refractivity contribution in [2.24, 2.45) is 0 Å². The minimum absolute atomic E-state index is 0.376. The number of benzene rings is 2. The van der Waals surface area contributed by atoms with Crippen LogP contribution in [0.3, 0.4) is 0 Å². The lowest BCUT2D eigenvalue weighted by Gasteiger charge is -2.37. The number of nitrogens with zero attached hydrogens (tertiary/aromatic N) is 2. The maximum atomic E-state index is 10.8. The molecule has 2 aromatic rings. The number of aryl methyl sites for hydroxylation is 1. The zero-order valence-corrected chi connectivity index (χ0v) is 20.0. The van der Waals surface area contributed by atoms with Crippen molar-refractivity contribution in [1.82, 2.24) is 4.90 Å². The monoisotopic (exact) mass is 450 g/mol. The molecule has 1 atom stereocenters. The summed E-state index contributed by atoms with van der Waals surface area (Å²) in [5.41, 5.74) is 7.34. The third kappa shape index (κ3) is 5.15. The van der Waals surface area contributed by atoms with Crippen molar-refractivity contribution >= 4 is 5.69 Å². The first kappa shape index (κ1) is 22.5. The van der Waals surface area contributed by atoms with Gasteiger partial charge in [0.05, 0.1) is 7.11 Å². The second kappa shape index (κ2) is 10.4. The molecule has 5 nitrogen and oxygen atoms in total. The summed E-state index contributed by atoms with van der Waals surface area (Å²) < 4.78 is 11.7.